The minimum absolute atomic E-state index is 0.151. The molecule has 0 saturated heterocycles. The highest BCUT2D eigenvalue weighted by Gasteiger charge is 2.38. The maximum Gasteiger partial charge on any atom is 0.436 e. The average molecular weight is 357 g/mol. The molecule has 0 atom stereocenters. The second-order valence-corrected chi connectivity index (χ2v) is 5.47. The van der Waals surface area contributed by atoms with Crippen molar-refractivity contribution < 1.29 is 17.7 Å². The monoisotopic (exact) mass is 356 g/mol. The van der Waals surface area contributed by atoms with Crippen molar-refractivity contribution in [3.63, 3.8) is 0 Å². The number of benzene rings is 1. The first kappa shape index (κ1) is 16.5. The third-order valence-electron chi connectivity index (χ3n) is 3.44. The standard InChI is InChI=1S/C15H12ClF3N4O/c1-9-12(16)13(15(17,18)19)21-23(9)8-7-11-20-14(22-24-11)10-5-3-2-4-6-10/h2-6H,7-8H2,1H3. The van der Waals surface area contributed by atoms with Gasteiger partial charge in [0.15, 0.2) is 5.69 Å². The van der Waals surface area contributed by atoms with Crippen LogP contribution in [0.4, 0.5) is 13.2 Å². The summed E-state index contributed by atoms with van der Waals surface area (Å²) in [5.74, 6) is 0.741. The van der Waals surface area contributed by atoms with Gasteiger partial charge in [0.2, 0.25) is 11.7 Å². The van der Waals surface area contributed by atoms with Crippen LogP contribution in [0, 0.1) is 6.92 Å². The van der Waals surface area contributed by atoms with Gasteiger partial charge in [-0.05, 0) is 6.92 Å². The molecular weight excluding hydrogens is 345 g/mol. The Labute approximate surface area is 140 Å². The van der Waals surface area contributed by atoms with Crippen molar-refractivity contribution in [2.75, 3.05) is 0 Å². The summed E-state index contributed by atoms with van der Waals surface area (Å²) in [4.78, 5) is 4.23. The van der Waals surface area contributed by atoms with Crippen molar-refractivity contribution >= 4 is 11.6 Å². The number of aryl methyl sites for hydroxylation is 2. The van der Waals surface area contributed by atoms with Gasteiger partial charge in [0.05, 0.1) is 17.3 Å². The van der Waals surface area contributed by atoms with Gasteiger partial charge in [-0.15, -0.1) is 0 Å². The Bertz CT molecular complexity index is 842. The molecule has 0 radical (unpaired) electrons. The van der Waals surface area contributed by atoms with Crippen LogP contribution in [0.3, 0.4) is 0 Å². The first-order chi connectivity index (χ1) is 11.4. The van der Waals surface area contributed by atoms with Gasteiger partial charge in [-0.25, -0.2) is 0 Å². The van der Waals surface area contributed by atoms with E-state index >= 15 is 0 Å². The summed E-state index contributed by atoms with van der Waals surface area (Å²) < 4.78 is 44.7. The van der Waals surface area contributed by atoms with E-state index in [1.807, 2.05) is 30.3 Å². The second-order valence-electron chi connectivity index (χ2n) is 5.10. The van der Waals surface area contributed by atoms with Crippen molar-refractivity contribution in [2.45, 2.75) is 26.1 Å². The van der Waals surface area contributed by atoms with Crippen LogP contribution in [0.25, 0.3) is 11.4 Å². The quantitative estimate of drug-likeness (QED) is 0.704. The molecule has 5 nitrogen and oxygen atoms in total. The molecule has 0 aliphatic carbocycles. The minimum atomic E-state index is -4.59. The van der Waals surface area contributed by atoms with Crippen LogP contribution >= 0.6 is 11.6 Å². The van der Waals surface area contributed by atoms with Crippen LogP contribution < -0.4 is 0 Å². The van der Waals surface area contributed by atoms with E-state index in [1.54, 1.807) is 0 Å². The fraction of sp³-hybridized carbons (Fsp3) is 0.267. The second kappa shape index (κ2) is 6.27. The van der Waals surface area contributed by atoms with E-state index in [0.29, 0.717) is 11.7 Å². The molecular formula is C15H12ClF3N4O. The number of nitrogens with zero attached hydrogens (tertiary/aromatic N) is 4. The van der Waals surface area contributed by atoms with Crippen LogP contribution in [-0.2, 0) is 19.1 Å². The molecule has 3 aromatic rings. The molecule has 126 valence electrons. The zero-order chi connectivity index (χ0) is 17.3. The fourth-order valence-electron chi connectivity index (χ4n) is 2.19. The molecule has 0 bridgehead atoms. The Morgan fingerprint density at radius 3 is 2.54 bits per heavy atom. The lowest BCUT2D eigenvalue weighted by atomic mass is 10.2. The van der Waals surface area contributed by atoms with E-state index in [9.17, 15) is 13.2 Å². The van der Waals surface area contributed by atoms with E-state index in [-0.39, 0.29) is 18.7 Å². The highest BCUT2D eigenvalue weighted by atomic mass is 35.5. The van der Waals surface area contributed by atoms with Crippen molar-refractivity contribution in [3.8, 4) is 11.4 Å². The number of halogens is 4. The summed E-state index contributed by atoms with van der Waals surface area (Å²) in [7, 11) is 0. The average Bonchev–Trinajstić information content (AvgIpc) is 3.12. The minimum Gasteiger partial charge on any atom is -0.339 e. The highest BCUT2D eigenvalue weighted by Crippen LogP contribution is 2.35. The Morgan fingerprint density at radius 2 is 1.92 bits per heavy atom. The predicted molar refractivity (Wildman–Crippen MR) is 80.4 cm³/mol. The molecule has 9 heteroatoms. The summed E-state index contributed by atoms with van der Waals surface area (Å²) in [6.45, 7) is 1.63. The van der Waals surface area contributed by atoms with Gasteiger partial charge in [0, 0.05) is 12.0 Å². The van der Waals surface area contributed by atoms with Gasteiger partial charge >= 0.3 is 6.18 Å². The highest BCUT2D eigenvalue weighted by molar-refractivity contribution is 6.31. The summed E-state index contributed by atoms with van der Waals surface area (Å²) in [6, 6.07) is 9.23. The van der Waals surface area contributed by atoms with Crippen molar-refractivity contribution in [3.05, 3.63) is 52.6 Å². The summed E-state index contributed by atoms with van der Waals surface area (Å²) in [5.41, 5.74) is -0.0471. The first-order valence-electron chi connectivity index (χ1n) is 7.04. The predicted octanol–water partition coefficient (Wildman–Crippen LogP) is 4.16. The maximum atomic E-state index is 12.8. The number of alkyl halides is 3. The maximum absolute atomic E-state index is 12.8. The number of aromatic nitrogens is 4. The van der Waals surface area contributed by atoms with E-state index < -0.39 is 16.9 Å². The lowest BCUT2D eigenvalue weighted by Gasteiger charge is -2.02. The first-order valence-corrected chi connectivity index (χ1v) is 7.42. The molecule has 0 aliphatic heterocycles. The van der Waals surface area contributed by atoms with Gasteiger partial charge in [0.1, 0.15) is 0 Å². The molecule has 3 rings (SSSR count). The molecule has 0 N–H and O–H groups in total. The van der Waals surface area contributed by atoms with Crippen LogP contribution in [-0.4, -0.2) is 19.9 Å². The smallest absolute Gasteiger partial charge is 0.339 e. The van der Waals surface area contributed by atoms with Crippen LogP contribution in [0.5, 0.6) is 0 Å². The Kier molecular flexibility index (Phi) is 4.31. The van der Waals surface area contributed by atoms with Gasteiger partial charge in [-0.3, -0.25) is 4.68 Å². The Balaban J connectivity index is 1.74. The number of hydrogen-bond donors (Lipinski definition) is 0. The molecule has 1 aromatic carbocycles. The molecule has 2 heterocycles. The Hall–Kier alpha value is -2.35. The summed E-state index contributed by atoms with van der Waals surface area (Å²) in [6.07, 6.45) is -4.34. The molecule has 24 heavy (non-hydrogen) atoms. The summed E-state index contributed by atoms with van der Waals surface area (Å²) in [5, 5.41) is 7.00. The van der Waals surface area contributed by atoms with Gasteiger partial charge < -0.3 is 4.52 Å². The molecule has 0 spiro atoms. The van der Waals surface area contributed by atoms with Crippen LogP contribution in [0.15, 0.2) is 34.9 Å². The van der Waals surface area contributed by atoms with Gasteiger partial charge in [-0.2, -0.15) is 23.3 Å². The van der Waals surface area contributed by atoms with Crippen LogP contribution in [0.1, 0.15) is 17.3 Å². The Morgan fingerprint density at radius 1 is 1.21 bits per heavy atom. The van der Waals surface area contributed by atoms with Crippen molar-refractivity contribution in [2.24, 2.45) is 0 Å². The molecule has 0 amide bonds. The zero-order valence-corrected chi connectivity index (χ0v) is 13.3. The number of hydrogen-bond acceptors (Lipinski definition) is 4. The van der Waals surface area contributed by atoms with Crippen LogP contribution in [0.2, 0.25) is 5.02 Å². The van der Waals surface area contributed by atoms with E-state index in [1.165, 1.54) is 11.6 Å². The SMILES string of the molecule is Cc1c(Cl)c(C(F)(F)F)nn1CCc1nc(-c2ccccc2)no1. The van der Waals surface area contributed by atoms with E-state index in [0.717, 1.165) is 5.56 Å². The zero-order valence-electron chi connectivity index (χ0n) is 12.5. The molecule has 0 unspecified atom stereocenters. The van der Waals surface area contributed by atoms with Gasteiger partial charge in [-0.1, -0.05) is 47.1 Å². The third-order valence-corrected chi connectivity index (χ3v) is 3.89. The normalized spacial score (nSPS) is 11.9. The lowest BCUT2D eigenvalue weighted by Crippen LogP contribution is -2.10. The molecule has 2 aromatic heterocycles. The van der Waals surface area contributed by atoms with Crippen molar-refractivity contribution in [1.82, 2.24) is 19.9 Å². The largest absolute Gasteiger partial charge is 0.436 e. The fourth-order valence-corrected chi connectivity index (χ4v) is 2.43. The molecule has 0 saturated carbocycles. The third kappa shape index (κ3) is 3.28. The van der Waals surface area contributed by atoms with E-state index in [2.05, 4.69) is 15.2 Å². The summed E-state index contributed by atoms with van der Waals surface area (Å²) >= 11 is 5.71. The lowest BCUT2D eigenvalue weighted by molar-refractivity contribution is -0.141. The number of rotatable bonds is 4. The topological polar surface area (TPSA) is 56.7 Å². The van der Waals surface area contributed by atoms with Crippen molar-refractivity contribution in [1.29, 1.82) is 0 Å². The van der Waals surface area contributed by atoms with Gasteiger partial charge in [0.25, 0.3) is 0 Å². The van der Waals surface area contributed by atoms with E-state index in [4.69, 9.17) is 16.1 Å². The molecule has 0 fully saturated rings. The molecule has 0 aliphatic rings.